The van der Waals surface area contributed by atoms with E-state index in [1.54, 1.807) is 26.8 Å². The van der Waals surface area contributed by atoms with Gasteiger partial charge in [-0.3, -0.25) is 42.5 Å². The van der Waals surface area contributed by atoms with Crippen molar-refractivity contribution in [3.63, 3.8) is 0 Å². The molecule has 8 unspecified atom stereocenters. The van der Waals surface area contributed by atoms with Crippen LogP contribution < -0.4 is 40.2 Å². The Hall–Kier alpha value is -4.07. The molecule has 88 heavy (non-hydrogen) atoms. The summed E-state index contributed by atoms with van der Waals surface area (Å²) in [4.78, 5) is 76.7. The zero-order chi connectivity index (χ0) is 69.3. The topological polar surface area (TPSA) is 369 Å². The van der Waals surface area contributed by atoms with Gasteiger partial charge < -0.3 is 26.0 Å². The van der Waals surface area contributed by atoms with Gasteiger partial charge >= 0.3 is 0 Å². The normalized spacial score (nSPS) is 27.1. The minimum absolute atomic E-state index is 0.0162. The van der Waals surface area contributed by atoms with E-state index in [1.807, 2.05) is 116 Å². The van der Waals surface area contributed by atoms with Gasteiger partial charge in [-0.25, -0.2) is 43.1 Å². The summed E-state index contributed by atoms with van der Waals surface area (Å²) in [5.74, 6) is -0.279. The molecule has 8 N–H and O–H groups in total. The lowest BCUT2D eigenvalue weighted by Crippen LogP contribution is -2.40. The van der Waals surface area contributed by atoms with Gasteiger partial charge in [-0.05, 0) is 39.2 Å². The van der Waals surface area contributed by atoms with E-state index < -0.39 is 85.4 Å². The smallest absolute Gasteiger partial charge is 0.236 e. The molecule has 8 heterocycles. The van der Waals surface area contributed by atoms with Crippen molar-refractivity contribution < 1.29 is 71.4 Å². The number of rotatable bonds is 0. The highest BCUT2D eigenvalue weighted by Crippen LogP contribution is 2.31. The van der Waals surface area contributed by atoms with E-state index in [0.29, 0.717) is 12.2 Å². The Labute approximate surface area is 533 Å². The lowest BCUT2D eigenvalue weighted by atomic mass is 9.85. The Bertz CT molecular complexity index is 2960. The van der Waals surface area contributed by atoms with Gasteiger partial charge in [-0.2, -0.15) is 0 Å². The third-order valence-corrected chi connectivity index (χ3v) is 21.8. The third-order valence-electron chi connectivity index (χ3n) is 13.4. The second-order valence-electron chi connectivity index (χ2n) is 30.8. The van der Waals surface area contributed by atoms with Crippen molar-refractivity contribution >= 4 is 104 Å². The molecule has 24 nitrogen and oxygen atoms in total. The van der Waals surface area contributed by atoms with E-state index in [9.17, 15) is 71.4 Å². The monoisotopic (exact) mass is 1360 g/mol. The molecule has 8 atom stereocenters. The lowest BCUT2D eigenvalue weighted by molar-refractivity contribution is -0.123. The molecule has 5 fully saturated rings. The Morgan fingerprint density at radius 2 is 0.943 bits per heavy atom. The number of allylic oxidation sites excluding steroid dienone is 3. The van der Waals surface area contributed by atoms with E-state index in [0.717, 1.165) is 17.1 Å². The van der Waals surface area contributed by atoms with E-state index in [-0.39, 0.29) is 126 Å². The number of hydrogen-bond donors (Lipinski definition) is 8. The molecule has 4 amide bonds. The highest BCUT2D eigenvalue weighted by atomic mass is 32.2. The molecule has 8 aliphatic heterocycles. The van der Waals surface area contributed by atoms with Crippen LogP contribution in [0.1, 0.15) is 179 Å². The highest BCUT2D eigenvalue weighted by molar-refractivity contribution is 7.93. The fourth-order valence-corrected chi connectivity index (χ4v) is 17.1. The second-order valence-corrected chi connectivity index (χ2v) is 40.4. The number of sulfonamides is 2. The number of Topliss-reactive ketones (excluding diaryl/α,β-unsaturated/α-hetero) is 3. The van der Waals surface area contributed by atoms with E-state index >= 15 is 0 Å². The van der Waals surface area contributed by atoms with Gasteiger partial charge in [0.1, 0.15) is 39.0 Å². The molecule has 508 valence electrons. The van der Waals surface area contributed by atoms with Crippen molar-refractivity contribution in [1.29, 1.82) is 0 Å². The largest absolute Gasteiger partial charge is 0.345 e. The van der Waals surface area contributed by atoms with Crippen molar-refractivity contribution in [2.75, 3.05) is 34.5 Å². The molecule has 30 heteroatoms. The summed E-state index contributed by atoms with van der Waals surface area (Å²) in [6, 6.07) is -1.07. The molecule has 0 bridgehead atoms. The molecular formula is C58H104N8O16S6. The molecule has 0 aromatic carbocycles. The number of amides is 4. The first-order valence-corrected chi connectivity index (χ1v) is 37.8. The first-order chi connectivity index (χ1) is 39.0. The molecule has 5 saturated heterocycles. The molecule has 8 aliphatic rings. The highest BCUT2D eigenvalue weighted by Gasteiger charge is 2.45. The molecule has 8 rings (SSSR count). The van der Waals surface area contributed by atoms with Crippen molar-refractivity contribution in [2.24, 2.45) is 43.3 Å². The van der Waals surface area contributed by atoms with Crippen molar-refractivity contribution in [2.45, 2.75) is 208 Å². The molecule has 0 aliphatic carbocycles. The quantitative estimate of drug-likeness (QED) is 0.157. The summed E-state index contributed by atoms with van der Waals surface area (Å²) in [6.07, 6.45) is 6.31. The van der Waals surface area contributed by atoms with Gasteiger partial charge in [0.05, 0.1) is 63.6 Å². The van der Waals surface area contributed by atoms with Crippen LogP contribution in [-0.2, 0) is 96.2 Å². The van der Waals surface area contributed by atoms with Crippen LogP contribution in [0.4, 0.5) is 0 Å². The average Bonchev–Trinajstić information content (AvgIpc) is 2.20. The van der Waals surface area contributed by atoms with Gasteiger partial charge in [0.15, 0.2) is 27.2 Å². The Morgan fingerprint density at radius 3 is 1.12 bits per heavy atom. The maximum Gasteiger partial charge on any atom is 0.236 e. The van der Waals surface area contributed by atoms with Crippen LogP contribution in [0.2, 0.25) is 0 Å². The number of nitrogens with one attached hydrogen (secondary N) is 8. The van der Waals surface area contributed by atoms with Crippen LogP contribution >= 0.6 is 0 Å². The Kier molecular flexibility index (Phi) is 28.5. The molecular weight excluding hydrogens is 1260 g/mol. The van der Waals surface area contributed by atoms with Crippen molar-refractivity contribution in [3.8, 4) is 0 Å². The summed E-state index contributed by atoms with van der Waals surface area (Å²) in [5.41, 5.74) is 1.94. The van der Waals surface area contributed by atoms with Crippen LogP contribution in [0.5, 0.6) is 0 Å². The Morgan fingerprint density at radius 1 is 0.443 bits per heavy atom. The third kappa shape index (κ3) is 28.2. The minimum Gasteiger partial charge on any atom is -0.345 e. The lowest BCUT2D eigenvalue weighted by Gasteiger charge is -2.25. The van der Waals surface area contributed by atoms with Gasteiger partial charge in [-0.15, -0.1) is 0 Å². The molecule has 0 spiro atoms. The average molecular weight is 1360 g/mol. The predicted octanol–water partition coefficient (Wildman–Crippen LogP) is 4.24. The SMILES string of the molecule is CC(C)(C)C1=CCC(=O)N1.CC(C)(C)C1=CCS(=O)(=O)N1.CC(C)(C)C1=CCS(=O)N1.CC(C)(C)C1NC(=O)CC1=O.CC(C)(C)C1NC(=O)CS1(=O)=O.CC(C)(C)C1NC(=O)CS1=O.CC(C)(C)C1NS(=O)(=O)CC1=O.CC(C)(C)C1NS(=O)CC1=O. The first-order valence-electron chi connectivity index (χ1n) is 28.8. The predicted molar refractivity (Wildman–Crippen MR) is 349 cm³/mol. The maximum absolute atomic E-state index is 11.3. The second kappa shape index (κ2) is 30.6. The fraction of sp³-hybridized carbons (Fsp3) is 0.776. The fourth-order valence-electron chi connectivity index (χ4n) is 8.62. The number of ketones is 3. The number of sulfone groups is 1. The standard InChI is InChI=1S/C8H13NO2.C8H13NO.2C7H13NO3S.3C7H13NO2S.C7H13NOS/c1-8(2,3)7-5(10)4-6(11)9-7;1-8(2,3)6-4-5-7(10)9-6;1-7(2,3)6-8-5(9)4-12(6,10)11;1-7(2,3)6-5(9)4-12(10,11)8-6;1-7(2,3)6-8-5(9)4-11(6)10;1-7(2,3)6-5(9)4-11(10)8-6;1-7(2,3)6-4-5-11(9,10)8-6;1-7(2,3)6-4-5-10(9)8-6/h7H,4H2,1-3H3,(H,9,11);4H,5H2,1-3H3,(H,9,10);6H,4H2,1-3H3,(H,8,9);6,8H,4H2,1-3H3;6H,4H2,1-3H3,(H,8,9);6,8H,4H2,1-3H3;4,8H,5H2,1-3H3;4,8H,5H2,1-3H3. The summed E-state index contributed by atoms with van der Waals surface area (Å²) in [7, 11) is -12.6. The number of carbonyl (C=O) groups is 7. The zero-order valence-corrected chi connectivity index (χ0v) is 61.2. The van der Waals surface area contributed by atoms with Gasteiger partial charge in [0.2, 0.25) is 43.7 Å². The Balaban J connectivity index is 0.000000503. The summed E-state index contributed by atoms with van der Waals surface area (Å²) in [5, 5.41) is 9.74. The van der Waals surface area contributed by atoms with E-state index in [1.165, 1.54) is 0 Å². The van der Waals surface area contributed by atoms with E-state index in [2.05, 4.69) is 81.7 Å². The van der Waals surface area contributed by atoms with E-state index in [4.69, 9.17) is 0 Å². The van der Waals surface area contributed by atoms with Gasteiger partial charge in [-0.1, -0.05) is 172 Å². The number of carbonyl (C=O) groups excluding carboxylic acids is 7. The summed E-state index contributed by atoms with van der Waals surface area (Å²) in [6.45, 7) is 47.1. The van der Waals surface area contributed by atoms with Crippen LogP contribution in [-0.4, -0.2) is 142 Å². The van der Waals surface area contributed by atoms with Crippen molar-refractivity contribution in [3.05, 3.63) is 35.3 Å². The van der Waals surface area contributed by atoms with Crippen molar-refractivity contribution in [1.82, 2.24) is 40.2 Å². The molecule has 0 aromatic heterocycles. The molecule has 0 aromatic rings. The molecule has 0 radical (unpaired) electrons. The van der Waals surface area contributed by atoms with Crippen LogP contribution in [0.3, 0.4) is 0 Å². The van der Waals surface area contributed by atoms with Gasteiger partial charge in [0.25, 0.3) is 0 Å². The first kappa shape index (κ1) is 81.9. The minimum atomic E-state index is -3.33. The summed E-state index contributed by atoms with van der Waals surface area (Å²) < 4.78 is 110. The number of hydrogen-bond acceptors (Lipinski definition) is 16. The van der Waals surface area contributed by atoms with Crippen LogP contribution in [0, 0.1) is 43.3 Å². The van der Waals surface area contributed by atoms with Crippen LogP contribution in [0.15, 0.2) is 35.3 Å². The zero-order valence-electron chi connectivity index (χ0n) is 56.3. The maximum atomic E-state index is 11.3. The van der Waals surface area contributed by atoms with Gasteiger partial charge in [0, 0.05) is 39.8 Å². The summed E-state index contributed by atoms with van der Waals surface area (Å²) >= 11 is 0. The molecule has 0 saturated carbocycles. The van der Waals surface area contributed by atoms with Crippen LogP contribution in [0.25, 0.3) is 0 Å².